The van der Waals surface area contributed by atoms with Gasteiger partial charge in [-0.25, -0.2) is 9.58 Å². The van der Waals surface area contributed by atoms with Crippen molar-refractivity contribution in [2.75, 3.05) is 6.61 Å². The van der Waals surface area contributed by atoms with Gasteiger partial charge in [-0.2, -0.15) is 5.10 Å². The number of amides is 1. The van der Waals surface area contributed by atoms with Crippen LogP contribution in [0.4, 0.5) is 0 Å². The Labute approximate surface area is 127 Å². The summed E-state index contributed by atoms with van der Waals surface area (Å²) >= 11 is 0. The number of hydrogen-bond acceptors (Lipinski definition) is 3. The molecule has 5 nitrogen and oxygen atoms in total. The number of fused-ring (bicyclic) bond motifs is 1. The number of rotatable bonds is 2. The molecule has 1 aliphatic heterocycles. The van der Waals surface area contributed by atoms with Gasteiger partial charge in [-0.3, -0.25) is 9.63 Å². The molecule has 3 heterocycles. The molecule has 0 N–H and O–H groups in total. The molecule has 1 aromatic carbocycles. The van der Waals surface area contributed by atoms with Crippen LogP contribution in [0.25, 0.3) is 5.52 Å². The zero-order valence-corrected chi connectivity index (χ0v) is 11.9. The van der Waals surface area contributed by atoms with Crippen LogP contribution in [0.5, 0.6) is 0 Å². The third kappa shape index (κ3) is 2.07. The Morgan fingerprint density at radius 3 is 2.82 bits per heavy atom. The zero-order chi connectivity index (χ0) is 14.9. The molecule has 2 aromatic heterocycles. The van der Waals surface area contributed by atoms with Gasteiger partial charge in [-0.15, -0.1) is 0 Å². The molecule has 3 aromatic rings. The molecular weight excluding hydrogens is 278 g/mol. The second kappa shape index (κ2) is 5.27. The molecule has 22 heavy (non-hydrogen) atoms. The van der Waals surface area contributed by atoms with Crippen molar-refractivity contribution in [3.63, 3.8) is 0 Å². The van der Waals surface area contributed by atoms with Crippen LogP contribution in [-0.4, -0.2) is 27.2 Å². The Hall–Kier alpha value is -2.66. The van der Waals surface area contributed by atoms with Crippen LogP contribution in [0, 0.1) is 0 Å². The fraction of sp³-hybridized carbons (Fsp3) is 0.176. The topological polar surface area (TPSA) is 46.8 Å². The molecule has 5 heteroatoms. The third-order valence-corrected chi connectivity index (χ3v) is 3.95. The number of carbonyl (C=O) groups excluding carboxylic acids is 1. The predicted octanol–water partition coefficient (Wildman–Crippen LogP) is 2.85. The molecule has 110 valence electrons. The number of carbonyl (C=O) groups is 1. The summed E-state index contributed by atoms with van der Waals surface area (Å²) in [6.07, 6.45) is 4.22. The maximum absolute atomic E-state index is 12.9. The van der Waals surface area contributed by atoms with E-state index in [0.29, 0.717) is 12.2 Å². The van der Waals surface area contributed by atoms with E-state index in [1.54, 1.807) is 10.7 Å². The van der Waals surface area contributed by atoms with E-state index in [-0.39, 0.29) is 11.9 Å². The van der Waals surface area contributed by atoms with Crippen LogP contribution in [0.2, 0.25) is 0 Å². The van der Waals surface area contributed by atoms with Gasteiger partial charge in [0, 0.05) is 12.6 Å². The summed E-state index contributed by atoms with van der Waals surface area (Å²) < 4.78 is 1.70. The fourth-order valence-corrected chi connectivity index (χ4v) is 2.87. The molecule has 1 aliphatic rings. The van der Waals surface area contributed by atoms with E-state index < -0.39 is 0 Å². The fourth-order valence-electron chi connectivity index (χ4n) is 2.87. The zero-order valence-electron chi connectivity index (χ0n) is 11.9. The van der Waals surface area contributed by atoms with E-state index in [1.165, 1.54) is 5.06 Å². The molecule has 1 fully saturated rings. The van der Waals surface area contributed by atoms with Crippen LogP contribution in [0.1, 0.15) is 28.4 Å². The molecule has 0 radical (unpaired) electrons. The molecule has 1 saturated heterocycles. The summed E-state index contributed by atoms with van der Waals surface area (Å²) in [5.41, 5.74) is 2.43. The summed E-state index contributed by atoms with van der Waals surface area (Å²) in [4.78, 5) is 18.5. The van der Waals surface area contributed by atoms with Gasteiger partial charge in [-0.05, 0) is 17.7 Å². The Morgan fingerprint density at radius 1 is 1.14 bits per heavy atom. The third-order valence-electron chi connectivity index (χ3n) is 3.95. The maximum atomic E-state index is 12.9. The molecule has 1 atom stereocenters. The van der Waals surface area contributed by atoms with Crippen LogP contribution in [-0.2, 0) is 4.84 Å². The van der Waals surface area contributed by atoms with E-state index in [1.807, 2.05) is 54.7 Å². The van der Waals surface area contributed by atoms with E-state index in [9.17, 15) is 4.79 Å². The first-order chi connectivity index (χ1) is 10.8. The number of nitrogens with zero attached hydrogens (tertiary/aromatic N) is 3. The Kier molecular flexibility index (Phi) is 3.12. The van der Waals surface area contributed by atoms with Crippen molar-refractivity contribution < 1.29 is 9.63 Å². The van der Waals surface area contributed by atoms with Crippen molar-refractivity contribution in [1.29, 1.82) is 0 Å². The molecule has 0 aliphatic carbocycles. The first-order valence-corrected chi connectivity index (χ1v) is 7.28. The highest BCUT2D eigenvalue weighted by Gasteiger charge is 2.33. The molecule has 4 rings (SSSR count). The first kappa shape index (κ1) is 13.0. The van der Waals surface area contributed by atoms with Crippen LogP contribution in [0.3, 0.4) is 0 Å². The number of hydroxylamine groups is 2. The van der Waals surface area contributed by atoms with Crippen molar-refractivity contribution in [2.24, 2.45) is 0 Å². The van der Waals surface area contributed by atoms with Crippen molar-refractivity contribution in [3.8, 4) is 0 Å². The van der Waals surface area contributed by atoms with Crippen molar-refractivity contribution in [1.82, 2.24) is 14.7 Å². The summed E-state index contributed by atoms with van der Waals surface area (Å²) in [5.74, 6) is -0.146. The van der Waals surface area contributed by atoms with Crippen molar-refractivity contribution in [3.05, 3.63) is 72.1 Å². The van der Waals surface area contributed by atoms with Gasteiger partial charge in [-0.1, -0.05) is 36.4 Å². The first-order valence-electron chi connectivity index (χ1n) is 7.28. The van der Waals surface area contributed by atoms with Gasteiger partial charge in [0.15, 0.2) is 0 Å². The molecule has 0 unspecified atom stereocenters. The van der Waals surface area contributed by atoms with Crippen LogP contribution in [0.15, 0.2) is 60.9 Å². The summed E-state index contributed by atoms with van der Waals surface area (Å²) in [6, 6.07) is 15.6. The number of pyridine rings is 1. The normalized spacial score (nSPS) is 18.0. The van der Waals surface area contributed by atoms with Gasteiger partial charge in [0.05, 0.1) is 29.9 Å². The van der Waals surface area contributed by atoms with Crippen LogP contribution < -0.4 is 0 Å². The maximum Gasteiger partial charge on any atom is 0.281 e. The number of hydrogen-bond donors (Lipinski definition) is 0. The van der Waals surface area contributed by atoms with E-state index in [2.05, 4.69) is 5.10 Å². The quantitative estimate of drug-likeness (QED) is 0.730. The summed E-state index contributed by atoms with van der Waals surface area (Å²) in [7, 11) is 0. The average Bonchev–Trinajstić information content (AvgIpc) is 3.22. The summed E-state index contributed by atoms with van der Waals surface area (Å²) in [6.45, 7) is 0.546. The van der Waals surface area contributed by atoms with Gasteiger partial charge in [0.2, 0.25) is 0 Å². The number of benzene rings is 1. The second-order valence-corrected chi connectivity index (χ2v) is 5.27. The monoisotopic (exact) mass is 293 g/mol. The van der Waals surface area contributed by atoms with Crippen molar-refractivity contribution in [2.45, 2.75) is 12.5 Å². The lowest BCUT2D eigenvalue weighted by Gasteiger charge is -2.22. The minimum Gasteiger partial charge on any atom is -0.270 e. The van der Waals surface area contributed by atoms with E-state index in [4.69, 9.17) is 4.84 Å². The average molecular weight is 293 g/mol. The molecule has 0 saturated carbocycles. The highest BCUT2D eigenvalue weighted by molar-refractivity contribution is 6.00. The second-order valence-electron chi connectivity index (χ2n) is 5.27. The highest BCUT2D eigenvalue weighted by atomic mass is 16.7. The van der Waals surface area contributed by atoms with Gasteiger partial charge in [0.1, 0.15) is 0 Å². The molecule has 1 amide bonds. The smallest absolute Gasteiger partial charge is 0.270 e. The lowest BCUT2D eigenvalue weighted by Crippen LogP contribution is -2.29. The Balaban J connectivity index is 1.70. The lowest BCUT2D eigenvalue weighted by atomic mass is 10.0. The Morgan fingerprint density at radius 2 is 1.95 bits per heavy atom. The highest BCUT2D eigenvalue weighted by Crippen LogP contribution is 2.32. The molecule has 0 spiro atoms. The Bertz CT molecular complexity index is 813. The van der Waals surface area contributed by atoms with E-state index >= 15 is 0 Å². The minimum atomic E-state index is -0.146. The lowest BCUT2D eigenvalue weighted by molar-refractivity contribution is -0.0963. The van der Waals surface area contributed by atoms with Crippen LogP contribution >= 0.6 is 0 Å². The standard InChI is InChI=1S/C17H15N3O2/c21-17(14-12-18-19-10-5-4-8-16(14)19)20-15(9-11-22-20)13-6-2-1-3-7-13/h1-8,10,12,15H,9,11H2/t15-/m0/s1. The van der Waals surface area contributed by atoms with Crippen molar-refractivity contribution >= 4 is 11.4 Å². The van der Waals surface area contributed by atoms with Gasteiger partial charge < -0.3 is 0 Å². The largest absolute Gasteiger partial charge is 0.281 e. The van der Waals surface area contributed by atoms with E-state index in [0.717, 1.165) is 17.5 Å². The molecular formula is C17H15N3O2. The predicted molar refractivity (Wildman–Crippen MR) is 81.1 cm³/mol. The van der Waals surface area contributed by atoms with Gasteiger partial charge >= 0.3 is 0 Å². The van der Waals surface area contributed by atoms with Gasteiger partial charge in [0.25, 0.3) is 5.91 Å². The number of aromatic nitrogens is 2. The molecule has 0 bridgehead atoms. The summed E-state index contributed by atoms with van der Waals surface area (Å²) in [5, 5.41) is 5.71. The minimum absolute atomic E-state index is 0.0487. The SMILES string of the molecule is O=C(c1cnn2ccccc12)N1OCC[C@H]1c1ccccc1.